The first kappa shape index (κ1) is 15.5. The highest BCUT2D eigenvalue weighted by molar-refractivity contribution is 7.10. The molecule has 106 valence electrons. The van der Waals surface area contributed by atoms with Crippen LogP contribution in [0.5, 0.6) is 0 Å². The van der Waals surface area contributed by atoms with Crippen LogP contribution in [0.2, 0.25) is 0 Å². The number of carbonyl (C=O) groups excluding carboxylic acids is 1. The summed E-state index contributed by atoms with van der Waals surface area (Å²) in [6.07, 6.45) is 0.922. The molecule has 1 aromatic rings. The quantitative estimate of drug-likeness (QED) is 0.749. The summed E-state index contributed by atoms with van der Waals surface area (Å²) < 4.78 is 0. The minimum absolute atomic E-state index is 0.156. The number of thiophene rings is 1. The molecule has 2 amide bonds. The Kier molecular flexibility index (Phi) is 5.82. The number of carboxylic acid groups (broad SMARTS) is 1. The van der Waals surface area contributed by atoms with Crippen LogP contribution in [0.4, 0.5) is 4.79 Å². The van der Waals surface area contributed by atoms with E-state index in [1.54, 1.807) is 25.2 Å². The average molecular weight is 284 g/mol. The Morgan fingerprint density at radius 1 is 1.42 bits per heavy atom. The van der Waals surface area contributed by atoms with Crippen LogP contribution in [-0.2, 0) is 17.8 Å². The van der Waals surface area contributed by atoms with Gasteiger partial charge in [0.05, 0.1) is 6.54 Å². The van der Waals surface area contributed by atoms with Crippen molar-refractivity contribution >= 4 is 23.3 Å². The van der Waals surface area contributed by atoms with E-state index in [4.69, 9.17) is 5.11 Å². The van der Waals surface area contributed by atoms with Crippen LogP contribution >= 0.6 is 11.3 Å². The molecule has 0 radical (unpaired) electrons. The summed E-state index contributed by atoms with van der Waals surface area (Å²) in [7, 11) is 0. The Morgan fingerprint density at radius 3 is 2.63 bits per heavy atom. The van der Waals surface area contributed by atoms with Crippen molar-refractivity contribution in [1.82, 2.24) is 10.6 Å². The Hall–Kier alpha value is -1.56. The first-order valence-corrected chi connectivity index (χ1v) is 7.16. The zero-order valence-electron chi connectivity index (χ0n) is 11.4. The molecule has 1 aromatic heterocycles. The number of hydrogen-bond donors (Lipinski definition) is 3. The highest BCUT2D eigenvalue weighted by Gasteiger charge is 2.23. The van der Waals surface area contributed by atoms with Crippen molar-refractivity contribution in [2.45, 2.75) is 39.8 Å². The monoisotopic (exact) mass is 284 g/mol. The van der Waals surface area contributed by atoms with Gasteiger partial charge in [0, 0.05) is 4.88 Å². The Balaban J connectivity index is 2.49. The van der Waals surface area contributed by atoms with Gasteiger partial charge < -0.3 is 15.7 Å². The van der Waals surface area contributed by atoms with Gasteiger partial charge >= 0.3 is 12.0 Å². The molecule has 1 rings (SSSR count). The van der Waals surface area contributed by atoms with Crippen molar-refractivity contribution in [2.75, 3.05) is 0 Å². The molecule has 0 aliphatic rings. The molecule has 0 bridgehead atoms. The third-order valence-corrected chi connectivity index (χ3v) is 3.81. The zero-order chi connectivity index (χ0) is 14.4. The molecule has 5 nitrogen and oxygen atoms in total. The van der Waals surface area contributed by atoms with Crippen molar-refractivity contribution in [3.05, 3.63) is 21.9 Å². The van der Waals surface area contributed by atoms with Crippen LogP contribution in [-0.4, -0.2) is 23.1 Å². The van der Waals surface area contributed by atoms with Gasteiger partial charge in [-0.15, -0.1) is 11.3 Å². The fraction of sp³-hybridized carbons (Fsp3) is 0.538. The molecule has 6 heteroatoms. The molecule has 1 heterocycles. The summed E-state index contributed by atoms with van der Waals surface area (Å²) in [4.78, 5) is 23.8. The van der Waals surface area contributed by atoms with Gasteiger partial charge in [0.15, 0.2) is 0 Å². The van der Waals surface area contributed by atoms with Gasteiger partial charge in [-0.05, 0) is 29.3 Å². The summed E-state index contributed by atoms with van der Waals surface area (Å²) in [6.45, 7) is 6.00. The van der Waals surface area contributed by atoms with Crippen molar-refractivity contribution in [3.63, 3.8) is 0 Å². The summed E-state index contributed by atoms with van der Waals surface area (Å²) in [5.41, 5.74) is 1.21. The third-order valence-electron chi connectivity index (χ3n) is 2.85. The summed E-state index contributed by atoms with van der Waals surface area (Å²) in [5, 5.41) is 16.1. The van der Waals surface area contributed by atoms with Crippen LogP contribution in [0, 0.1) is 5.92 Å². The third kappa shape index (κ3) is 4.55. The Morgan fingerprint density at radius 2 is 2.11 bits per heavy atom. The smallest absolute Gasteiger partial charge is 0.326 e. The molecule has 0 aliphatic carbocycles. The summed E-state index contributed by atoms with van der Waals surface area (Å²) in [6, 6.07) is 0.721. The summed E-state index contributed by atoms with van der Waals surface area (Å²) in [5.74, 6) is -1.17. The van der Waals surface area contributed by atoms with Crippen LogP contribution in [0.1, 0.15) is 31.2 Å². The number of carbonyl (C=O) groups is 2. The SMILES string of the molecule is CCc1ccsc1CNC(=O)N[C@H](C(=O)O)C(C)C. The molecule has 19 heavy (non-hydrogen) atoms. The lowest BCUT2D eigenvalue weighted by Crippen LogP contribution is -2.48. The fourth-order valence-electron chi connectivity index (χ4n) is 1.70. The molecule has 0 unspecified atom stereocenters. The molecule has 0 spiro atoms. The van der Waals surface area contributed by atoms with Crippen LogP contribution < -0.4 is 10.6 Å². The van der Waals surface area contributed by atoms with E-state index in [-0.39, 0.29) is 5.92 Å². The Labute approximate surface area is 117 Å². The zero-order valence-corrected chi connectivity index (χ0v) is 12.2. The molecule has 0 saturated heterocycles. The Bertz CT molecular complexity index is 443. The topological polar surface area (TPSA) is 78.4 Å². The first-order chi connectivity index (χ1) is 8.95. The van der Waals surface area contributed by atoms with Gasteiger partial charge in [-0.2, -0.15) is 0 Å². The van der Waals surface area contributed by atoms with E-state index in [2.05, 4.69) is 17.6 Å². The van der Waals surface area contributed by atoms with Gasteiger partial charge in [-0.25, -0.2) is 9.59 Å². The number of carboxylic acids is 1. The van der Waals surface area contributed by atoms with Crippen molar-refractivity contribution in [1.29, 1.82) is 0 Å². The largest absolute Gasteiger partial charge is 0.480 e. The van der Waals surface area contributed by atoms with E-state index in [0.717, 1.165) is 11.3 Å². The highest BCUT2D eigenvalue weighted by Crippen LogP contribution is 2.16. The molecule has 3 N–H and O–H groups in total. The lowest BCUT2D eigenvalue weighted by molar-refractivity contribution is -0.140. The van der Waals surface area contributed by atoms with Gasteiger partial charge in [0.1, 0.15) is 6.04 Å². The minimum atomic E-state index is -1.02. The van der Waals surface area contributed by atoms with E-state index < -0.39 is 18.0 Å². The van der Waals surface area contributed by atoms with Crippen LogP contribution in [0.3, 0.4) is 0 Å². The number of aryl methyl sites for hydroxylation is 1. The minimum Gasteiger partial charge on any atom is -0.480 e. The van der Waals surface area contributed by atoms with E-state index in [1.807, 2.05) is 11.4 Å². The average Bonchev–Trinajstić information content (AvgIpc) is 2.79. The normalized spacial score (nSPS) is 12.2. The number of aliphatic carboxylic acids is 1. The lowest BCUT2D eigenvalue weighted by atomic mass is 10.1. The van der Waals surface area contributed by atoms with Gasteiger partial charge in [-0.3, -0.25) is 0 Å². The van der Waals surface area contributed by atoms with Gasteiger partial charge in [0.25, 0.3) is 0 Å². The van der Waals surface area contributed by atoms with E-state index in [0.29, 0.717) is 6.54 Å². The summed E-state index contributed by atoms with van der Waals surface area (Å²) >= 11 is 1.59. The van der Waals surface area contributed by atoms with E-state index in [9.17, 15) is 9.59 Å². The maximum atomic E-state index is 11.7. The predicted molar refractivity (Wildman–Crippen MR) is 75.3 cm³/mol. The molecule has 0 aliphatic heterocycles. The molecular formula is C13H20N2O3S. The maximum absolute atomic E-state index is 11.7. The number of amides is 2. The van der Waals surface area contributed by atoms with Crippen molar-refractivity contribution in [3.8, 4) is 0 Å². The molecular weight excluding hydrogens is 264 g/mol. The van der Waals surface area contributed by atoms with Crippen LogP contribution in [0.15, 0.2) is 11.4 Å². The second-order valence-electron chi connectivity index (χ2n) is 4.61. The highest BCUT2D eigenvalue weighted by atomic mass is 32.1. The second kappa shape index (κ2) is 7.13. The van der Waals surface area contributed by atoms with Crippen molar-refractivity contribution < 1.29 is 14.7 Å². The molecule has 0 saturated carbocycles. The number of hydrogen-bond acceptors (Lipinski definition) is 3. The first-order valence-electron chi connectivity index (χ1n) is 6.28. The molecule has 0 aromatic carbocycles. The number of rotatable bonds is 6. The van der Waals surface area contributed by atoms with Gasteiger partial charge in [-0.1, -0.05) is 20.8 Å². The fourth-order valence-corrected chi connectivity index (χ4v) is 2.62. The number of urea groups is 1. The lowest BCUT2D eigenvalue weighted by Gasteiger charge is -2.18. The van der Waals surface area contributed by atoms with Crippen molar-refractivity contribution in [2.24, 2.45) is 5.92 Å². The van der Waals surface area contributed by atoms with Gasteiger partial charge in [0.2, 0.25) is 0 Å². The number of nitrogens with one attached hydrogen (secondary N) is 2. The van der Waals surface area contributed by atoms with Crippen LogP contribution in [0.25, 0.3) is 0 Å². The van der Waals surface area contributed by atoms with E-state index >= 15 is 0 Å². The second-order valence-corrected chi connectivity index (χ2v) is 5.61. The van der Waals surface area contributed by atoms with E-state index in [1.165, 1.54) is 5.56 Å². The predicted octanol–water partition coefficient (Wildman–Crippen LogP) is 2.22. The molecule has 0 fully saturated rings. The molecule has 1 atom stereocenters. The standard InChI is InChI=1S/C13H20N2O3S/c1-4-9-5-6-19-10(9)7-14-13(18)15-11(8(2)3)12(16)17/h5-6,8,11H,4,7H2,1-3H3,(H,16,17)(H2,14,15,18)/t11-/m0/s1. The maximum Gasteiger partial charge on any atom is 0.326 e.